The number of hydrazine groups is 1. The average Bonchev–Trinajstić information content (AvgIpc) is 3.28. The number of ether oxygens (including phenoxy) is 1. The minimum absolute atomic E-state index is 0.176. The topological polar surface area (TPSA) is 129 Å². The fourth-order valence-corrected chi connectivity index (χ4v) is 3.35. The van der Waals surface area contributed by atoms with Crippen molar-refractivity contribution in [3.63, 3.8) is 0 Å². The Morgan fingerprint density at radius 2 is 1.91 bits per heavy atom. The molecule has 0 fully saturated rings. The van der Waals surface area contributed by atoms with Crippen molar-refractivity contribution in [3.05, 3.63) is 75.7 Å². The number of nitrogens with zero attached hydrogens (tertiary/aromatic N) is 4. The minimum Gasteiger partial charge on any atom is -0.368 e. The summed E-state index contributed by atoms with van der Waals surface area (Å²) >= 11 is 0. The highest BCUT2D eigenvalue weighted by atomic mass is 16.5. The number of hydrogen-bond acceptors (Lipinski definition) is 6. The van der Waals surface area contributed by atoms with E-state index in [0.29, 0.717) is 19.6 Å². The Balaban J connectivity index is 1.85. The molecular formula is C23H28N6O5. The summed E-state index contributed by atoms with van der Waals surface area (Å²) in [7, 11) is 0. The van der Waals surface area contributed by atoms with Gasteiger partial charge in [0.15, 0.2) is 11.2 Å². The first-order valence-electron chi connectivity index (χ1n) is 10.9. The standard InChI is InChI=1S/C23H28N6O5/c1-4-6-12-34-16(3)21(31)26-25-18(30)14-29-22(32)19-20(24-15-27(19)5-2)28(23(29)33)13-17-10-8-7-9-11-17/h4,7-11,15-16H,1,5-6,12-14H2,2-3H3,(H,25,30)(H,26,31). The van der Waals surface area contributed by atoms with Gasteiger partial charge in [0.05, 0.1) is 19.5 Å². The number of rotatable bonds is 10. The van der Waals surface area contributed by atoms with E-state index in [9.17, 15) is 19.2 Å². The maximum Gasteiger partial charge on any atom is 0.333 e. The van der Waals surface area contributed by atoms with Crippen molar-refractivity contribution in [1.29, 1.82) is 0 Å². The van der Waals surface area contributed by atoms with Crippen LogP contribution in [0.1, 0.15) is 25.8 Å². The van der Waals surface area contributed by atoms with Crippen LogP contribution in [0, 0.1) is 0 Å². The van der Waals surface area contributed by atoms with Crippen LogP contribution >= 0.6 is 0 Å². The van der Waals surface area contributed by atoms with Crippen LogP contribution in [0.25, 0.3) is 11.2 Å². The minimum atomic E-state index is -0.804. The lowest BCUT2D eigenvalue weighted by Gasteiger charge is -2.15. The number of nitrogens with one attached hydrogen (secondary N) is 2. The van der Waals surface area contributed by atoms with Gasteiger partial charge in [-0.2, -0.15) is 0 Å². The zero-order chi connectivity index (χ0) is 24.7. The Labute approximate surface area is 195 Å². The summed E-state index contributed by atoms with van der Waals surface area (Å²) in [6, 6.07) is 9.25. The number of hydrogen-bond donors (Lipinski definition) is 2. The molecule has 0 aliphatic carbocycles. The molecule has 0 aliphatic heterocycles. The fraction of sp³-hybridized carbons (Fsp3) is 0.348. The van der Waals surface area contributed by atoms with Gasteiger partial charge in [0.25, 0.3) is 17.4 Å². The number of amides is 2. The SMILES string of the molecule is C=CCCOC(C)C(=O)NNC(=O)Cn1c(=O)c2c(ncn2CC)n(Cc2ccccc2)c1=O. The monoisotopic (exact) mass is 468 g/mol. The van der Waals surface area contributed by atoms with Crippen molar-refractivity contribution in [3.8, 4) is 0 Å². The van der Waals surface area contributed by atoms with Gasteiger partial charge in [-0.1, -0.05) is 36.4 Å². The van der Waals surface area contributed by atoms with Crippen LogP contribution in [0.3, 0.4) is 0 Å². The summed E-state index contributed by atoms with van der Waals surface area (Å²) in [5.41, 5.74) is 4.47. The second-order valence-electron chi connectivity index (χ2n) is 7.58. The number of carbonyl (C=O) groups excluding carboxylic acids is 2. The highest BCUT2D eigenvalue weighted by Crippen LogP contribution is 2.09. The summed E-state index contributed by atoms with van der Waals surface area (Å²) in [5.74, 6) is -1.30. The predicted molar refractivity (Wildman–Crippen MR) is 126 cm³/mol. The molecule has 11 nitrogen and oxygen atoms in total. The molecule has 11 heteroatoms. The quantitative estimate of drug-likeness (QED) is 0.254. The first-order chi connectivity index (χ1) is 16.4. The van der Waals surface area contributed by atoms with E-state index in [1.165, 1.54) is 17.8 Å². The molecule has 0 aliphatic rings. The van der Waals surface area contributed by atoms with Gasteiger partial charge < -0.3 is 9.30 Å². The van der Waals surface area contributed by atoms with Gasteiger partial charge in [-0.15, -0.1) is 6.58 Å². The molecule has 2 heterocycles. The van der Waals surface area contributed by atoms with Crippen LogP contribution in [0.2, 0.25) is 0 Å². The van der Waals surface area contributed by atoms with Crippen molar-refractivity contribution < 1.29 is 14.3 Å². The number of aromatic nitrogens is 4. The van der Waals surface area contributed by atoms with Crippen LogP contribution in [-0.4, -0.2) is 43.2 Å². The normalized spacial score (nSPS) is 11.8. The zero-order valence-electron chi connectivity index (χ0n) is 19.2. The predicted octanol–water partition coefficient (Wildman–Crippen LogP) is 0.557. The van der Waals surface area contributed by atoms with Crippen LogP contribution in [0.5, 0.6) is 0 Å². The Bertz CT molecular complexity index is 1290. The lowest BCUT2D eigenvalue weighted by molar-refractivity contribution is -0.136. The van der Waals surface area contributed by atoms with Gasteiger partial charge in [0, 0.05) is 6.54 Å². The average molecular weight is 469 g/mol. The van der Waals surface area contributed by atoms with E-state index in [2.05, 4.69) is 22.4 Å². The molecule has 0 saturated carbocycles. The lowest BCUT2D eigenvalue weighted by Crippen LogP contribution is -2.50. The van der Waals surface area contributed by atoms with Gasteiger partial charge in [0.2, 0.25) is 0 Å². The molecule has 3 rings (SSSR count). The van der Waals surface area contributed by atoms with Crippen LogP contribution in [-0.2, 0) is 34.0 Å². The van der Waals surface area contributed by atoms with Gasteiger partial charge >= 0.3 is 5.69 Å². The Hall–Kier alpha value is -3.99. The zero-order valence-corrected chi connectivity index (χ0v) is 19.2. The molecule has 1 unspecified atom stereocenters. The van der Waals surface area contributed by atoms with E-state index in [0.717, 1.165) is 10.1 Å². The number of benzene rings is 1. The van der Waals surface area contributed by atoms with Crippen molar-refractivity contribution in [2.45, 2.75) is 46.0 Å². The van der Waals surface area contributed by atoms with E-state index in [1.54, 1.807) is 10.6 Å². The molecule has 180 valence electrons. The van der Waals surface area contributed by atoms with E-state index >= 15 is 0 Å². The number of imidazole rings is 1. The highest BCUT2D eigenvalue weighted by molar-refractivity contribution is 5.84. The summed E-state index contributed by atoms with van der Waals surface area (Å²) in [4.78, 5) is 55.2. The molecule has 0 saturated heterocycles. The van der Waals surface area contributed by atoms with E-state index in [1.807, 2.05) is 37.3 Å². The number of aryl methyl sites for hydroxylation is 1. The molecular weight excluding hydrogens is 440 g/mol. The first kappa shape index (κ1) is 24.6. The largest absolute Gasteiger partial charge is 0.368 e. The summed E-state index contributed by atoms with van der Waals surface area (Å²) in [6.45, 7) is 7.33. The first-order valence-corrected chi connectivity index (χ1v) is 10.9. The third-order valence-electron chi connectivity index (χ3n) is 5.19. The van der Waals surface area contributed by atoms with Crippen LogP contribution < -0.4 is 22.1 Å². The van der Waals surface area contributed by atoms with Crippen molar-refractivity contribution >= 4 is 23.0 Å². The fourth-order valence-electron chi connectivity index (χ4n) is 3.35. The maximum atomic E-state index is 13.2. The van der Waals surface area contributed by atoms with E-state index in [-0.39, 0.29) is 17.7 Å². The molecule has 0 bridgehead atoms. The summed E-state index contributed by atoms with van der Waals surface area (Å²) in [6.07, 6.45) is 2.93. The van der Waals surface area contributed by atoms with Gasteiger partial charge in [-0.25, -0.2) is 14.3 Å². The van der Waals surface area contributed by atoms with E-state index < -0.39 is 35.7 Å². The summed E-state index contributed by atoms with van der Waals surface area (Å²) in [5, 5.41) is 0. The van der Waals surface area contributed by atoms with Gasteiger partial charge in [-0.3, -0.25) is 29.8 Å². The maximum absolute atomic E-state index is 13.2. The molecule has 2 N–H and O–H groups in total. The second kappa shape index (κ2) is 11.2. The van der Waals surface area contributed by atoms with Gasteiger partial charge in [-0.05, 0) is 25.8 Å². The Kier molecular flexibility index (Phi) is 8.14. The Morgan fingerprint density at radius 1 is 1.18 bits per heavy atom. The highest BCUT2D eigenvalue weighted by Gasteiger charge is 2.20. The van der Waals surface area contributed by atoms with E-state index in [4.69, 9.17) is 4.74 Å². The van der Waals surface area contributed by atoms with Crippen molar-refractivity contribution in [1.82, 2.24) is 29.5 Å². The van der Waals surface area contributed by atoms with Crippen molar-refractivity contribution in [2.75, 3.05) is 6.61 Å². The molecule has 2 amide bonds. The summed E-state index contributed by atoms with van der Waals surface area (Å²) < 4.78 is 9.14. The third kappa shape index (κ3) is 5.49. The molecule has 1 aromatic carbocycles. The van der Waals surface area contributed by atoms with Crippen LogP contribution in [0.4, 0.5) is 0 Å². The molecule has 2 aromatic heterocycles. The van der Waals surface area contributed by atoms with Gasteiger partial charge in [0.1, 0.15) is 12.6 Å². The molecule has 1 atom stereocenters. The second-order valence-corrected chi connectivity index (χ2v) is 7.58. The smallest absolute Gasteiger partial charge is 0.333 e. The van der Waals surface area contributed by atoms with Crippen molar-refractivity contribution in [2.24, 2.45) is 0 Å². The molecule has 0 spiro atoms. The van der Waals surface area contributed by atoms with Crippen LogP contribution in [0.15, 0.2) is 58.9 Å². The molecule has 0 radical (unpaired) electrons. The number of carbonyl (C=O) groups is 2. The molecule has 34 heavy (non-hydrogen) atoms. The third-order valence-corrected chi connectivity index (χ3v) is 5.19. The Morgan fingerprint density at radius 3 is 2.59 bits per heavy atom. The lowest BCUT2D eigenvalue weighted by atomic mass is 10.2. The number of fused-ring (bicyclic) bond motifs is 1. The molecule has 3 aromatic rings.